The van der Waals surface area contributed by atoms with Gasteiger partial charge in [0.25, 0.3) is 5.91 Å². The van der Waals surface area contributed by atoms with E-state index in [0.717, 1.165) is 28.0 Å². The van der Waals surface area contributed by atoms with Crippen molar-refractivity contribution < 1.29 is 4.79 Å². The number of benzene rings is 2. The molecule has 1 amide bonds. The van der Waals surface area contributed by atoms with Gasteiger partial charge in [0.1, 0.15) is 5.82 Å². The number of rotatable bonds is 4. The first-order valence-electron chi connectivity index (χ1n) is 8.08. The third-order valence-electron chi connectivity index (χ3n) is 3.88. The van der Waals surface area contributed by atoms with Crippen LogP contribution < -0.4 is 5.43 Å². The molecule has 0 fully saturated rings. The molecule has 0 saturated heterocycles. The molecule has 2 aromatic heterocycles. The molecule has 0 spiro atoms. The highest BCUT2D eigenvalue weighted by atomic mass is 16.2. The molecule has 0 unspecified atom stereocenters. The summed E-state index contributed by atoms with van der Waals surface area (Å²) in [5.41, 5.74) is 6.50. The van der Waals surface area contributed by atoms with E-state index in [-0.39, 0.29) is 5.91 Å². The Morgan fingerprint density at radius 1 is 1.04 bits per heavy atom. The zero-order valence-corrected chi connectivity index (χ0v) is 13.8. The van der Waals surface area contributed by atoms with Crippen LogP contribution in [0.4, 0.5) is 0 Å². The Kier molecular flexibility index (Phi) is 4.22. The minimum atomic E-state index is -0.284. The lowest BCUT2D eigenvalue weighted by molar-refractivity contribution is 0.0955. The number of nitrogens with zero attached hydrogens (tertiary/aromatic N) is 3. The SMILES string of the molecule is O=C(N/N=C/c1ccncc1)c1ccc2nc(-c3ccccc3)[nH]c2c1. The number of carbonyl (C=O) groups excluding carboxylic acids is 1. The van der Waals surface area contributed by atoms with Crippen molar-refractivity contribution in [2.45, 2.75) is 0 Å². The summed E-state index contributed by atoms with van der Waals surface area (Å²) in [6.45, 7) is 0. The topological polar surface area (TPSA) is 83.0 Å². The number of nitrogens with one attached hydrogen (secondary N) is 2. The second-order valence-electron chi connectivity index (χ2n) is 5.66. The number of fused-ring (bicyclic) bond motifs is 1. The van der Waals surface area contributed by atoms with Gasteiger partial charge in [0.2, 0.25) is 0 Å². The van der Waals surface area contributed by atoms with Gasteiger partial charge < -0.3 is 4.98 Å². The maximum Gasteiger partial charge on any atom is 0.271 e. The van der Waals surface area contributed by atoms with Crippen LogP contribution in [0.3, 0.4) is 0 Å². The van der Waals surface area contributed by atoms with Crippen molar-refractivity contribution in [2.24, 2.45) is 5.10 Å². The van der Waals surface area contributed by atoms with Gasteiger partial charge in [-0.25, -0.2) is 10.4 Å². The first-order valence-corrected chi connectivity index (χ1v) is 8.08. The molecule has 2 heterocycles. The monoisotopic (exact) mass is 341 g/mol. The van der Waals surface area contributed by atoms with E-state index in [1.807, 2.05) is 36.4 Å². The van der Waals surface area contributed by atoms with Crippen molar-refractivity contribution in [1.82, 2.24) is 20.4 Å². The predicted molar refractivity (Wildman–Crippen MR) is 101 cm³/mol. The number of aromatic amines is 1. The Balaban J connectivity index is 1.53. The van der Waals surface area contributed by atoms with Crippen LogP contribution in [0.25, 0.3) is 22.4 Å². The smallest absolute Gasteiger partial charge is 0.271 e. The van der Waals surface area contributed by atoms with Gasteiger partial charge in [0.15, 0.2) is 0 Å². The van der Waals surface area contributed by atoms with Gasteiger partial charge in [0.05, 0.1) is 17.2 Å². The molecular formula is C20H15N5O. The van der Waals surface area contributed by atoms with Crippen molar-refractivity contribution in [3.05, 3.63) is 84.2 Å². The second kappa shape index (κ2) is 6.98. The Morgan fingerprint density at radius 3 is 2.65 bits per heavy atom. The van der Waals surface area contributed by atoms with Crippen LogP contribution in [0, 0.1) is 0 Å². The maximum absolute atomic E-state index is 12.3. The summed E-state index contributed by atoms with van der Waals surface area (Å²) < 4.78 is 0. The van der Waals surface area contributed by atoms with Crippen LogP contribution in [-0.2, 0) is 0 Å². The number of carbonyl (C=O) groups is 1. The van der Waals surface area contributed by atoms with E-state index in [0.29, 0.717) is 5.56 Å². The number of imidazole rings is 1. The molecule has 0 radical (unpaired) electrons. The highest BCUT2D eigenvalue weighted by Gasteiger charge is 2.09. The third-order valence-corrected chi connectivity index (χ3v) is 3.88. The fourth-order valence-electron chi connectivity index (χ4n) is 2.56. The lowest BCUT2D eigenvalue weighted by atomic mass is 10.2. The van der Waals surface area contributed by atoms with Gasteiger partial charge >= 0.3 is 0 Å². The van der Waals surface area contributed by atoms with E-state index in [9.17, 15) is 4.79 Å². The van der Waals surface area contributed by atoms with Gasteiger partial charge in [-0.3, -0.25) is 9.78 Å². The number of hydrazone groups is 1. The number of amides is 1. The molecular weight excluding hydrogens is 326 g/mol. The molecule has 6 nitrogen and oxygen atoms in total. The summed E-state index contributed by atoms with van der Waals surface area (Å²) >= 11 is 0. The maximum atomic E-state index is 12.3. The van der Waals surface area contributed by atoms with Gasteiger partial charge in [-0.1, -0.05) is 30.3 Å². The van der Waals surface area contributed by atoms with E-state index in [2.05, 4.69) is 25.5 Å². The molecule has 0 aliphatic heterocycles. The molecule has 4 aromatic rings. The summed E-state index contributed by atoms with van der Waals surface area (Å²) in [5, 5.41) is 3.97. The molecule has 6 heteroatoms. The van der Waals surface area contributed by atoms with Crippen molar-refractivity contribution in [1.29, 1.82) is 0 Å². The number of aromatic nitrogens is 3. The second-order valence-corrected chi connectivity index (χ2v) is 5.66. The molecule has 4 rings (SSSR count). The Morgan fingerprint density at radius 2 is 1.85 bits per heavy atom. The largest absolute Gasteiger partial charge is 0.338 e. The molecule has 2 aromatic carbocycles. The predicted octanol–water partition coefficient (Wildman–Crippen LogP) is 3.39. The van der Waals surface area contributed by atoms with E-state index >= 15 is 0 Å². The first-order chi connectivity index (χ1) is 12.8. The van der Waals surface area contributed by atoms with E-state index in [1.165, 1.54) is 0 Å². The fourth-order valence-corrected chi connectivity index (χ4v) is 2.56. The standard InChI is InChI=1S/C20H15N5O/c26-20(25-22-13-14-8-10-21-11-9-14)16-6-7-17-18(12-16)24-19(23-17)15-4-2-1-3-5-15/h1-13H,(H,23,24)(H,25,26)/b22-13+. The van der Waals surface area contributed by atoms with Crippen molar-refractivity contribution in [2.75, 3.05) is 0 Å². The molecule has 0 atom stereocenters. The number of hydrogen-bond donors (Lipinski definition) is 2. The fraction of sp³-hybridized carbons (Fsp3) is 0. The molecule has 0 bridgehead atoms. The zero-order valence-electron chi connectivity index (χ0n) is 13.8. The van der Waals surface area contributed by atoms with Crippen LogP contribution in [0.2, 0.25) is 0 Å². The van der Waals surface area contributed by atoms with E-state index < -0.39 is 0 Å². The summed E-state index contributed by atoms with van der Waals surface area (Å²) in [4.78, 5) is 24.0. The van der Waals surface area contributed by atoms with Crippen LogP contribution in [0.1, 0.15) is 15.9 Å². The van der Waals surface area contributed by atoms with Crippen LogP contribution in [0.5, 0.6) is 0 Å². The molecule has 0 aliphatic rings. The summed E-state index contributed by atoms with van der Waals surface area (Å²) in [7, 11) is 0. The van der Waals surface area contributed by atoms with Gasteiger partial charge in [-0.2, -0.15) is 5.10 Å². The Hall–Kier alpha value is -3.80. The van der Waals surface area contributed by atoms with E-state index in [4.69, 9.17) is 0 Å². The van der Waals surface area contributed by atoms with Crippen molar-refractivity contribution in [3.63, 3.8) is 0 Å². The lowest BCUT2D eigenvalue weighted by Gasteiger charge is -1.99. The van der Waals surface area contributed by atoms with E-state index in [1.54, 1.807) is 42.9 Å². The van der Waals surface area contributed by atoms with Crippen molar-refractivity contribution in [3.8, 4) is 11.4 Å². The highest BCUT2D eigenvalue weighted by Crippen LogP contribution is 2.21. The lowest BCUT2D eigenvalue weighted by Crippen LogP contribution is -2.17. The molecule has 0 aliphatic carbocycles. The van der Waals surface area contributed by atoms with Crippen LogP contribution in [0.15, 0.2) is 78.2 Å². The Bertz CT molecular complexity index is 1070. The zero-order chi connectivity index (χ0) is 17.8. The third kappa shape index (κ3) is 3.34. The highest BCUT2D eigenvalue weighted by molar-refractivity contribution is 5.98. The van der Waals surface area contributed by atoms with Gasteiger partial charge in [0, 0.05) is 23.5 Å². The molecule has 126 valence electrons. The minimum Gasteiger partial charge on any atom is -0.338 e. The molecule has 26 heavy (non-hydrogen) atoms. The molecule has 0 saturated carbocycles. The first kappa shape index (κ1) is 15.7. The van der Waals surface area contributed by atoms with Crippen LogP contribution >= 0.6 is 0 Å². The summed E-state index contributed by atoms with van der Waals surface area (Å²) in [6.07, 6.45) is 4.90. The number of hydrogen-bond acceptors (Lipinski definition) is 4. The normalized spacial score (nSPS) is 11.1. The minimum absolute atomic E-state index is 0.284. The quantitative estimate of drug-likeness (QED) is 0.441. The number of pyridine rings is 1. The van der Waals surface area contributed by atoms with Crippen LogP contribution in [-0.4, -0.2) is 27.1 Å². The van der Waals surface area contributed by atoms with Crippen molar-refractivity contribution >= 4 is 23.2 Å². The number of H-pyrrole nitrogens is 1. The molecule has 2 N–H and O–H groups in total. The Labute approximate surface area is 149 Å². The summed E-state index contributed by atoms with van der Waals surface area (Å²) in [5.74, 6) is 0.488. The average molecular weight is 341 g/mol. The van der Waals surface area contributed by atoms with Gasteiger partial charge in [-0.05, 0) is 35.9 Å². The average Bonchev–Trinajstić information content (AvgIpc) is 3.13. The van der Waals surface area contributed by atoms with Gasteiger partial charge in [-0.15, -0.1) is 0 Å². The summed E-state index contributed by atoms with van der Waals surface area (Å²) in [6, 6.07) is 18.8.